The fourth-order valence-corrected chi connectivity index (χ4v) is 5.96. The number of hydrogen-bond donors (Lipinski definition) is 1. The molecule has 10 heteroatoms. The Balaban J connectivity index is 1.55. The number of hydrogen-bond acceptors (Lipinski definition) is 7. The maximum absolute atomic E-state index is 13.9. The number of nitrogens with one attached hydrogen (secondary N) is 1. The smallest absolute Gasteiger partial charge is 0.330 e. The lowest BCUT2D eigenvalue weighted by molar-refractivity contribution is -0.137. The van der Waals surface area contributed by atoms with Gasteiger partial charge in [-0.1, -0.05) is 44.2 Å². The molecule has 0 spiro atoms. The Morgan fingerprint density at radius 2 is 1.71 bits per heavy atom. The summed E-state index contributed by atoms with van der Waals surface area (Å²) in [5.41, 5.74) is 3.70. The number of aromatic nitrogens is 1. The summed E-state index contributed by atoms with van der Waals surface area (Å²) in [5.74, 6) is -0.880. The van der Waals surface area contributed by atoms with E-state index in [4.69, 9.17) is 14.2 Å². The van der Waals surface area contributed by atoms with Crippen LogP contribution in [0.5, 0.6) is 11.5 Å². The minimum absolute atomic E-state index is 0.000588. The highest BCUT2D eigenvalue weighted by Gasteiger charge is 2.31. The first-order valence-electron chi connectivity index (χ1n) is 13.6. The van der Waals surface area contributed by atoms with Crippen molar-refractivity contribution in [2.45, 2.75) is 37.5 Å². The third kappa shape index (κ3) is 5.89. The Morgan fingerprint density at radius 3 is 2.43 bits per heavy atom. The van der Waals surface area contributed by atoms with E-state index in [9.17, 15) is 18.0 Å². The van der Waals surface area contributed by atoms with Crippen LogP contribution in [0.25, 0.3) is 17.0 Å². The number of benzene rings is 3. The van der Waals surface area contributed by atoms with Gasteiger partial charge in [-0.05, 0) is 71.5 Å². The lowest BCUT2D eigenvalue weighted by atomic mass is 9.90. The predicted molar refractivity (Wildman–Crippen MR) is 159 cm³/mol. The van der Waals surface area contributed by atoms with Crippen LogP contribution in [0.2, 0.25) is 0 Å². The second kappa shape index (κ2) is 11.7. The maximum Gasteiger partial charge on any atom is 0.330 e. The molecule has 3 aromatic carbocycles. The van der Waals surface area contributed by atoms with Crippen LogP contribution < -0.4 is 14.2 Å². The van der Waals surface area contributed by atoms with Gasteiger partial charge >= 0.3 is 5.97 Å². The summed E-state index contributed by atoms with van der Waals surface area (Å²) >= 11 is 0. The van der Waals surface area contributed by atoms with Crippen molar-refractivity contribution >= 4 is 38.9 Å². The molecule has 0 radical (unpaired) electrons. The molecule has 0 saturated carbocycles. The number of fused-ring (bicyclic) bond motifs is 2. The average molecular weight is 589 g/mol. The number of sulfonamides is 1. The van der Waals surface area contributed by atoms with E-state index in [-0.39, 0.29) is 24.2 Å². The molecular weight excluding hydrogens is 556 g/mol. The Morgan fingerprint density at radius 1 is 1.00 bits per heavy atom. The van der Waals surface area contributed by atoms with Gasteiger partial charge in [-0.25, -0.2) is 17.9 Å². The van der Waals surface area contributed by atoms with Crippen molar-refractivity contribution in [2.75, 3.05) is 13.4 Å². The van der Waals surface area contributed by atoms with Crippen LogP contribution in [0.15, 0.2) is 77.8 Å². The number of carbonyl (C=O) groups excluding carboxylic acids is 2. The molecule has 0 saturated heterocycles. The highest BCUT2D eigenvalue weighted by molar-refractivity contribution is 7.90. The fourth-order valence-electron chi connectivity index (χ4n) is 4.97. The molecule has 9 nitrogen and oxygen atoms in total. The van der Waals surface area contributed by atoms with Gasteiger partial charge < -0.3 is 18.8 Å². The average Bonchev–Trinajstić information content (AvgIpc) is 3.56. The lowest BCUT2D eigenvalue weighted by Crippen LogP contribution is -2.35. The van der Waals surface area contributed by atoms with Crippen LogP contribution in [0, 0.1) is 0 Å². The molecule has 42 heavy (non-hydrogen) atoms. The van der Waals surface area contributed by atoms with E-state index in [1.54, 1.807) is 43.3 Å². The van der Waals surface area contributed by atoms with Gasteiger partial charge in [-0.15, -0.1) is 0 Å². The summed E-state index contributed by atoms with van der Waals surface area (Å²) in [7, 11) is -2.32. The Kier molecular flexibility index (Phi) is 8.08. The first kappa shape index (κ1) is 28.9. The molecule has 1 aromatic heterocycles. The summed E-state index contributed by atoms with van der Waals surface area (Å²) in [6, 6.07) is 17.2. The van der Waals surface area contributed by atoms with Crippen LogP contribution in [0.3, 0.4) is 0 Å². The quantitative estimate of drug-likeness (QED) is 0.210. The minimum atomic E-state index is -4.16. The van der Waals surface area contributed by atoms with Crippen LogP contribution in [-0.2, 0) is 31.4 Å². The molecule has 0 fully saturated rings. The topological polar surface area (TPSA) is 113 Å². The zero-order valence-electron chi connectivity index (χ0n) is 23.8. The number of amides is 1. The van der Waals surface area contributed by atoms with E-state index in [1.807, 2.05) is 49.9 Å². The molecule has 5 rings (SSSR count). The summed E-state index contributed by atoms with van der Waals surface area (Å²) in [6.45, 7) is 6.12. The maximum atomic E-state index is 13.9. The van der Waals surface area contributed by atoms with Gasteiger partial charge in [0, 0.05) is 30.2 Å². The molecule has 1 atom stereocenters. The monoisotopic (exact) mass is 588 g/mol. The van der Waals surface area contributed by atoms with Crippen molar-refractivity contribution in [1.82, 2.24) is 9.29 Å². The molecule has 0 bridgehead atoms. The molecule has 1 N–H and O–H groups in total. The number of ether oxygens (including phenoxy) is 3. The Bertz CT molecular complexity index is 1790. The molecule has 1 amide bonds. The van der Waals surface area contributed by atoms with Crippen molar-refractivity contribution in [3.63, 3.8) is 0 Å². The highest BCUT2D eigenvalue weighted by Crippen LogP contribution is 2.39. The van der Waals surface area contributed by atoms with Crippen LogP contribution in [0.4, 0.5) is 0 Å². The van der Waals surface area contributed by atoms with E-state index in [1.165, 1.54) is 18.2 Å². The zero-order chi connectivity index (χ0) is 30.0. The van der Waals surface area contributed by atoms with E-state index in [0.29, 0.717) is 22.6 Å². The summed E-state index contributed by atoms with van der Waals surface area (Å²) in [4.78, 5) is 25.7. The molecule has 1 aliphatic heterocycles. The van der Waals surface area contributed by atoms with Gasteiger partial charge in [0.1, 0.15) is 0 Å². The van der Waals surface area contributed by atoms with Crippen molar-refractivity contribution in [1.29, 1.82) is 0 Å². The molecule has 1 aliphatic rings. The summed E-state index contributed by atoms with van der Waals surface area (Å²) in [6.07, 6.45) is 4.82. The lowest BCUT2D eigenvalue weighted by Gasteiger charge is -2.18. The van der Waals surface area contributed by atoms with E-state index in [2.05, 4.69) is 4.72 Å². The van der Waals surface area contributed by atoms with Crippen molar-refractivity contribution < 1.29 is 32.2 Å². The van der Waals surface area contributed by atoms with Crippen LogP contribution in [0.1, 0.15) is 54.9 Å². The third-order valence-electron chi connectivity index (χ3n) is 7.14. The Labute approximate surface area is 244 Å². The van der Waals surface area contributed by atoms with Crippen LogP contribution >= 0.6 is 0 Å². The molecule has 0 aliphatic carbocycles. The summed E-state index contributed by atoms with van der Waals surface area (Å²) in [5, 5.41) is 0.752. The molecular formula is C32H32N2O7S. The van der Waals surface area contributed by atoms with E-state index < -0.39 is 27.8 Å². The second-order valence-electron chi connectivity index (χ2n) is 10.3. The van der Waals surface area contributed by atoms with Gasteiger partial charge in [0.2, 0.25) is 12.7 Å². The fraction of sp³-hybridized carbons (Fsp3) is 0.250. The van der Waals surface area contributed by atoms with E-state index in [0.717, 1.165) is 22.0 Å². The Hall–Kier alpha value is -4.57. The van der Waals surface area contributed by atoms with Gasteiger partial charge in [-0.3, -0.25) is 4.79 Å². The first-order chi connectivity index (χ1) is 20.1. The molecule has 1 unspecified atom stereocenters. The molecule has 4 aromatic rings. The van der Waals surface area contributed by atoms with E-state index >= 15 is 0 Å². The van der Waals surface area contributed by atoms with Gasteiger partial charge in [0.05, 0.1) is 17.4 Å². The predicted octanol–water partition coefficient (Wildman–Crippen LogP) is 5.24. The summed E-state index contributed by atoms with van der Waals surface area (Å²) < 4.78 is 46.8. The normalized spacial score (nSPS) is 13.5. The largest absolute Gasteiger partial charge is 0.463 e. The van der Waals surface area contributed by atoms with Crippen molar-refractivity contribution in [3.05, 3.63) is 95.2 Å². The van der Waals surface area contributed by atoms with Gasteiger partial charge in [0.25, 0.3) is 10.0 Å². The van der Waals surface area contributed by atoms with Gasteiger partial charge in [0.15, 0.2) is 11.5 Å². The SMILES string of the molecule is CCOC(=O)C=Cc1ccc2c(C(C(=O)NS(=O)(=O)c3ccc(C(C)C)cc3)c3ccc4c(c3)OCO4)cn(C)c2c1. The number of carbonyl (C=O) groups is 2. The molecule has 218 valence electrons. The van der Waals surface area contributed by atoms with Crippen molar-refractivity contribution in [2.24, 2.45) is 7.05 Å². The highest BCUT2D eigenvalue weighted by atomic mass is 32.2. The number of rotatable bonds is 9. The number of aryl methyl sites for hydroxylation is 1. The second-order valence-corrected chi connectivity index (χ2v) is 12.0. The number of nitrogens with zero attached hydrogens (tertiary/aromatic N) is 1. The first-order valence-corrected chi connectivity index (χ1v) is 15.1. The minimum Gasteiger partial charge on any atom is -0.463 e. The van der Waals surface area contributed by atoms with Gasteiger partial charge in [-0.2, -0.15) is 0 Å². The van der Waals surface area contributed by atoms with Crippen molar-refractivity contribution in [3.8, 4) is 11.5 Å². The number of esters is 1. The van der Waals surface area contributed by atoms with Crippen LogP contribution in [-0.4, -0.2) is 38.3 Å². The standard InChI is InChI=1S/C32H32N2O7S/c1-5-39-30(35)15-7-21-6-13-25-26(18-34(4)27(25)16-21)31(23-10-14-28-29(17-23)41-19-40-28)32(36)33-42(37,38)24-11-8-22(9-12-24)20(2)3/h6-18,20,31H,5,19H2,1-4H3,(H,33,36). The molecule has 2 heterocycles. The zero-order valence-corrected chi connectivity index (χ0v) is 24.6. The third-order valence-corrected chi connectivity index (χ3v) is 8.50.